The normalized spacial score (nSPS) is 13.2. The van der Waals surface area contributed by atoms with Crippen molar-refractivity contribution in [2.75, 3.05) is 5.32 Å². The Balaban J connectivity index is 2.95. The van der Waals surface area contributed by atoms with Crippen molar-refractivity contribution >= 4 is 21.4 Å². The van der Waals surface area contributed by atoms with Gasteiger partial charge in [0.25, 0.3) is 0 Å². The Morgan fingerprint density at radius 3 is 2.50 bits per heavy atom. The maximum absolute atomic E-state index is 12.6. The second kappa shape index (κ2) is 6.76. The van der Waals surface area contributed by atoms with Crippen LogP contribution >= 0.6 is 0 Å². The van der Waals surface area contributed by atoms with E-state index in [0.717, 1.165) is 6.07 Å². The Hall–Kier alpha value is -1.54. The fraction of sp³-hybridized carbons (Fsp3) is 0.417. The SMILES string of the molecule is CC(N)CCC(=O)Nc1ccccc1S(=O)(=O)C(F)F. The van der Waals surface area contributed by atoms with Crippen molar-refractivity contribution in [2.24, 2.45) is 5.73 Å². The van der Waals surface area contributed by atoms with Gasteiger partial charge in [-0.15, -0.1) is 0 Å². The third kappa shape index (κ3) is 4.24. The number of halogens is 2. The molecule has 5 nitrogen and oxygen atoms in total. The van der Waals surface area contributed by atoms with E-state index in [-0.39, 0.29) is 18.2 Å². The van der Waals surface area contributed by atoms with E-state index in [1.54, 1.807) is 6.92 Å². The minimum Gasteiger partial charge on any atom is -0.328 e. The Kier molecular flexibility index (Phi) is 5.58. The molecule has 0 saturated carbocycles. The van der Waals surface area contributed by atoms with Crippen LogP contribution in [-0.2, 0) is 14.6 Å². The lowest BCUT2D eigenvalue weighted by Crippen LogP contribution is -2.21. The fourth-order valence-corrected chi connectivity index (χ4v) is 2.37. The highest BCUT2D eigenvalue weighted by Gasteiger charge is 2.29. The van der Waals surface area contributed by atoms with Crippen LogP contribution in [-0.4, -0.2) is 26.1 Å². The van der Waals surface area contributed by atoms with Crippen LogP contribution in [0.4, 0.5) is 14.5 Å². The highest BCUT2D eigenvalue weighted by molar-refractivity contribution is 7.91. The molecule has 8 heteroatoms. The lowest BCUT2D eigenvalue weighted by Gasteiger charge is -2.11. The molecule has 0 aromatic heterocycles. The van der Waals surface area contributed by atoms with Gasteiger partial charge in [-0.25, -0.2) is 8.42 Å². The van der Waals surface area contributed by atoms with E-state index in [1.165, 1.54) is 18.2 Å². The molecule has 0 bridgehead atoms. The van der Waals surface area contributed by atoms with Gasteiger partial charge in [-0.05, 0) is 25.5 Å². The number of benzene rings is 1. The predicted octanol–water partition coefficient (Wildman–Crippen LogP) is 1.75. The van der Waals surface area contributed by atoms with Crippen LogP contribution in [0.5, 0.6) is 0 Å². The molecule has 112 valence electrons. The molecule has 0 aliphatic carbocycles. The van der Waals surface area contributed by atoms with E-state index < -0.39 is 26.4 Å². The van der Waals surface area contributed by atoms with Crippen molar-refractivity contribution in [3.05, 3.63) is 24.3 Å². The Bertz CT molecular complexity index is 574. The molecule has 0 saturated heterocycles. The molecule has 3 N–H and O–H groups in total. The van der Waals surface area contributed by atoms with Crippen molar-refractivity contribution in [2.45, 2.75) is 36.5 Å². The standard InChI is InChI=1S/C12H16F2N2O3S/c1-8(15)6-7-11(17)16-9-4-2-3-5-10(9)20(18,19)12(13)14/h2-5,8,12H,6-7,15H2,1H3,(H,16,17). The number of carbonyl (C=O) groups excluding carboxylic acids is 1. The summed E-state index contributed by atoms with van der Waals surface area (Å²) in [6.45, 7) is 1.72. The lowest BCUT2D eigenvalue weighted by molar-refractivity contribution is -0.116. The molecule has 1 aromatic rings. The number of carbonyl (C=O) groups is 1. The van der Waals surface area contributed by atoms with Crippen LogP contribution in [0, 0.1) is 0 Å². The quantitative estimate of drug-likeness (QED) is 0.838. The summed E-state index contributed by atoms with van der Waals surface area (Å²) in [6, 6.07) is 4.88. The van der Waals surface area contributed by atoms with Gasteiger partial charge in [-0.1, -0.05) is 12.1 Å². The number of nitrogens with one attached hydrogen (secondary N) is 1. The monoisotopic (exact) mass is 306 g/mol. The molecule has 0 aliphatic rings. The first-order chi connectivity index (χ1) is 9.25. The second-order valence-electron chi connectivity index (χ2n) is 4.37. The van der Waals surface area contributed by atoms with Crippen molar-refractivity contribution in [1.29, 1.82) is 0 Å². The molecule has 0 heterocycles. The number of hydrogen-bond acceptors (Lipinski definition) is 4. The topological polar surface area (TPSA) is 89.3 Å². The van der Waals surface area contributed by atoms with Gasteiger partial charge < -0.3 is 11.1 Å². The van der Waals surface area contributed by atoms with Crippen molar-refractivity contribution < 1.29 is 22.0 Å². The first-order valence-electron chi connectivity index (χ1n) is 5.91. The van der Waals surface area contributed by atoms with Crippen LogP contribution in [0.15, 0.2) is 29.2 Å². The molecular weight excluding hydrogens is 290 g/mol. The van der Waals surface area contributed by atoms with Crippen LogP contribution in [0.25, 0.3) is 0 Å². The highest BCUT2D eigenvalue weighted by atomic mass is 32.2. The minimum atomic E-state index is -4.76. The Morgan fingerprint density at radius 2 is 1.95 bits per heavy atom. The van der Waals surface area contributed by atoms with Gasteiger partial charge >= 0.3 is 5.76 Å². The number of alkyl halides is 2. The zero-order valence-corrected chi connectivity index (χ0v) is 11.7. The summed E-state index contributed by atoms with van der Waals surface area (Å²) in [7, 11) is -4.76. The van der Waals surface area contributed by atoms with Gasteiger partial charge in [0.1, 0.15) is 0 Å². The van der Waals surface area contributed by atoms with Gasteiger partial charge in [-0.3, -0.25) is 4.79 Å². The molecule has 20 heavy (non-hydrogen) atoms. The first kappa shape index (κ1) is 16.5. The van der Waals surface area contributed by atoms with E-state index in [1.807, 2.05) is 0 Å². The molecule has 0 radical (unpaired) electrons. The zero-order valence-electron chi connectivity index (χ0n) is 10.8. The number of amides is 1. The maximum Gasteiger partial charge on any atom is 0.341 e. The molecule has 0 fully saturated rings. The minimum absolute atomic E-state index is 0.0841. The van der Waals surface area contributed by atoms with Gasteiger partial charge in [0.2, 0.25) is 15.7 Å². The average Bonchev–Trinajstić information content (AvgIpc) is 2.36. The predicted molar refractivity (Wildman–Crippen MR) is 71.1 cm³/mol. The fourth-order valence-electron chi connectivity index (χ4n) is 1.49. The number of sulfone groups is 1. The molecule has 1 rings (SSSR count). The van der Waals surface area contributed by atoms with Crippen LogP contribution < -0.4 is 11.1 Å². The number of anilines is 1. The van der Waals surface area contributed by atoms with Gasteiger partial charge in [0.05, 0.1) is 10.6 Å². The number of nitrogens with two attached hydrogens (primary N) is 1. The van der Waals surface area contributed by atoms with E-state index in [0.29, 0.717) is 6.42 Å². The summed E-state index contributed by atoms with van der Waals surface area (Å²) < 4.78 is 48.1. The van der Waals surface area contributed by atoms with Gasteiger partial charge in [0.15, 0.2) is 0 Å². The third-order valence-electron chi connectivity index (χ3n) is 2.53. The van der Waals surface area contributed by atoms with Crippen molar-refractivity contribution in [1.82, 2.24) is 0 Å². The van der Waals surface area contributed by atoms with Crippen molar-refractivity contribution in [3.8, 4) is 0 Å². The maximum atomic E-state index is 12.6. The summed E-state index contributed by atoms with van der Waals surface area (Å²) in [5.74, 6) is -4.01. The molecule has 1 amide bonds. The van der Waals surface area contributed by atoms with E-state index >= 15 is 0 Å². The second-order valence-corrected chi connectivity index (χ2v) is 6.25. The van der Waals surface area contributed by atoms with Crippen LogP contribution in [0.1, 0.15) is 19.8 Å². The summed E-state index contributed by atoms with van der Waals surface area (Å²) in [5, 5.41) is 2.32. The number of rotatable bonds is 6. The molecule has 0 spiro atoms. The van der Waals surface area contributed by atoms with Gasteiger partial charge in [-0.2, -0.15) is 8.78 Å². The first-order valence-corrected chi connectivity index (χ1v) is 7.46. The number of para-hydroxylation sites is 1. The zero-order chi connectivity index (χ0) is 15.3. The largest absolute Gasteiger partial charge is 0.341 e. The van der Waals surface area contributed by atoms with Crippen molar-refractivity contribution in [3.63, 3.8) is 0 Å². The summed E-state index contributed by atoms with van der Waals surface area (Å²) in [4.78, 5) is 11.0. The highest BCUT2D eigenvalue weighted by Crippen LogP contribution is 2.26. The number of hydrogen-bond donors (Lipinski definition) is 2. The van der Waals surface area contributed by atoms with Crippen LogP contribution in [0.3, 0.4) is 0 Å². The smallest absolute Gasteiger partial charge is 0.328 e. The third-order valence-corrected chi connectivity index (χ3v) is 3.97. The molecule has 0 aliphatic heterocycles. The van der Waals surface area contributed by atoms with E-state index in [9.17, 15) is 22.0 Å². The molecule has 1 aromatic carbocycles. The Labute approximate surface area is 116 Å². The molecular formula is C12H16F2N2O3S. The molecule has 1 unspecified atom stereocenters. The van der Waals surface area contributed by atoms with Gasteiger partial charge in [0, 0.05) is 12.5 Å². The summed E-state index contributed by atoms with van der Waals surface area (Å²) >= 11 is 0. The average molecular weight is 306 g/mol. The van der Waals surface area contributed by atoms with Crippen LogP contribution in [0.2, 0.25) is 0 Å². The lowest BCUT2D eigenvalue weighted by atomic mass is 10.2. The summed E-state index contributed by atoms with van der Waals surface area (Å²) in [5.41, 5.74) is 5.35. The van der Waals surface area contributed by atoms with E-state index in [2.05, 4.69) is 5.32 Å². The molecule has 1 atom stereocenters. The summed E-state index contributed by atoms with van der Waals surface area (Å²) in [6.07, 6.45) is 0.496. The Morgan fingerprint density at radius 1 is 1.35 bits per heavy atom. The van der Waals surface area contributed by atoms with E-state index in [4.69, 9.17) is 5.73 Å².